The lowest BCUT2D eigenvalue weighted by Gasteiger charge is -2.35. The van der Waals surface area contributed by atoms with Gasteiger partial charge >= 0.3 is 0 Å². The number of nitrogens with one attached hydrogen (secondary N) is 1. The molecule has 1 fully saturated rings. The lowest BCUT2D eigenvalue weighted by molar-refractivity contribution is -0.144. The molecular formula is C16H20N6O3. The highest BCUT2D eigenvalue weighted by molar-refractivity contribution is 6.02. The van der Waals surface area contributed by atoms with Crippen LogP contribution in [0.3, 0.4) is 0 Å². The Hall–Kier alpha value is -2.81. The number of carbonyl (C=O) groups is 2. The number of hydrogen-bond donors (Lipinski definition) is 1. The second-order valence-corrected chi connectivity index (χ2v) is 6.03. The molecule has 0 aliphatic carbocycles. The van der Waals surface area contributed by atoms with Gasteiger partial charge in [0.15, 0.2) is 0 Å². The van der Waals surface area contributed by atoms with Crippen molar-refractivity contribution >= 4 is 17.5 Å². The summed E-state index contributed by atoms with van der Waals surface area (Å²) >= 11 is 0. The number of nitrogens with zero attached hydrogens (tertiary/aromatic N) is 5. The minimum atomic E-state index is -0.380. The molecule has 0 aromatic carbocycles. The monoisotopic (exact) mass is 344 g/mol. The summed E-state index contributed by atoms with van der Waals surface area (Å²) in [5, 5.41) is 6.80. The predicted octanol–water partition coefficient (Wildman–Crippen LogP) is 0.561. The maximum Gasteiger partial charge on any atom is 0.275 e. The summed E-state index contributed by atoms with van der Waals surface area (Å²) in [4.78, 5) is 34.0. The minimum absolute atomic E-state index is 0.0205. The van der Waals surface area contributed by atoms with Gasteiger partial charge in [-0.05, 0) is 13.8 Å². The van der Waals surface area contributed by atoms with E-state index in [1.807, 2.05) is 13.8 Å². The maximum absolute atomic E-state index is 12.4. The van der Waals surface area contributed by atoms with Crippen molar-refractivity contribution in [2.24, 2.45) is 0 Å². The van der Waals surface area contributed by atoms with Crippen molar-refractivity contribution < 1.29 is 14.3 Å². The summed E-state index contributed by atoms with van der Waals surface area (Å²) in [6.45, 7) is 5.15. The van der Waals surface area contributed by atoms with Crippen LogP contribution in [0.25, 0.3) is 0 Å². The van der Waals surface area contributed by atoms with Gasteiger partial charge in [-0.25, -0.2) is 4.98 Å². The number of carbonyl (C=O) groups excluding carboxylic acids is 2. The molecule has 1 aliphatic heterocycles. The van der Waals surface area contributed by atoms with Crippen molar-refractivity contribution in [1.82, 2.24) is 24.6 Å². The van der Waals surface area contributed by atoms with E-state index in [1.165, 1.54) is 29.5 Å². The van der Waals surface area contributed by atoms with Crippen molar-refractivity contribution in [3.8, 4) is 0 Å². The average Bonchev–Trinajstić information content (AvgIpc) is 3.01. The third-order valence-electron chi connectivity index (χ3n) is 3.76. The zero-order chi connectivity index (χ0) is 17.8. The molecule has 3 heterocycles. The largest absolute Gasteiger partial charge is 0.372 e. The van der Waals surface area contributed by atoms with Crippen LogP contribution in [0.15, 0.2) is 31.0 Å². The zero-order valence-corrected chi connectivity index (χ0v) is 14.1. The Kier molecular flexibility index (Phi) is 5.03. The second-order valence-electron chi connectivity index (χ2n) is 6.03. The molecule has 9 heteroatoms. The standard InChI is InChI=1S/C16H20N6O3/c1-11-7-21(8-12(2)25-11)15(23)10-22-9-13(5-19-22)20-16(24)14-6-17-3-4-18-14/h3-6,9,11-12H,7-8,10H2,1-2H3,(H,20,24)/t11-,12-/m1/s1. The fraction of sp³-hybridized carbons (Fsp3) is 0.438. The minimum Gasteiger partial charge on any atom is -0.372 e. The van der Waals surface area contributed by atoms with Crippen LogP contribution in [0.2, 0.25) is 0 Å². The molecular weight excluding hydrogens is 324 g/mol. The van der Waals surface area contributed by atoms with Gasteiger partial charge in [-0.2, -0.15) is 5.10 Å². The first kappa shape index (κ1) is 17.0. The highest BCUT2D eigenvalue weighted by Gasteiger charge is 2.26. The summed E-state index contributed by atoms with van der Waals surface area (Å²) < 4.78 is 7.13. The van der Waals surface area contributed by atoms with E-state index in [2.05, 4.69) is 20.4 Å². The zero-order valence-electron chi connectivity index (χ0n) is 14.1. The quantitative estimate of drug-likeness (QED) is 0.869. The van der Waals surface area contributed by atoms with E-state index in [1.54, 1.807) is 11.1 Å². The van der Waals surface area contributed by atoms with E-state index in [9.17, 15) is 9.59 Å². The van der Waals surface area contributed by atoms with Crippen LogP contribution in [0.5, 0.6) is 0 Å². The highest BCUT2D eigenvalue weighted by atomic mass is 16.5. The number of amides is 2. The van der Waals surface area contributed by atoms with Crippen molar-refractivity contribution in [3.63, 3.8) is 0 Å². The fourth-order valence-electron chi connectivity index (χ4n) is 2.75. The van der Waals surface area contributed by atoms with Crippen LogP contribution in [0.1, 0.15) is 24.3 Å². The van der Waals surface area contributed by atoms with Crippen LogP contribution >= 0.6 is 0 Å². The smallest absolute Gasteiger partial charge is 0.275 e. The fourth-order valence-corrected chi connectivity index (χ4v) is 2.75. The molecule has 9 nitrogen and oxygen atoms in total. The lowest BCUT2D eigenvalue weighted by Crippen LogP contribution is -2.49. The van der Waals surface area contributed by atoms with Crippen LogP contribution in [0, 0.1) is 0 Å². The average molecular weight is 344 g/mol. The summed E-state index contributed by atoms with van der Waals surface area (Å²) in [6, 6.07) is 0. The van der Waals surface area contributed by atoms with E-state index in [0.717, 1.165) is 0 Å². The van der Waals surface area contributed by atoms with Crippen molar-refractivity contribution in [2.75, 3.05) is 18.4 Å². The molecule has 3 rings (SSSR count). The van der Waals surface area contributed by atoms with Gasteiger partial charge in [0.25, 0.3) is 5.91 Å². The Morgan fingerprint density at radius 3 is 2.68 bits per heavy atom. The molecule has 2 atom stereocenters. The van der Waals surface area contributed by atoms with Gasteiger partial charge in [0.2, 0.25) is 5.91 Å². The molecule has 0 radical (unpaired) electrons. The first-order valence-electron chi connectivity index (χ1n) is 8.04. The number of aromatic nitrogens is 4. The van der Waals surface area contributed by atoms with Gasteiger partial charge in [-0.1, -0.05) is 0 Å². The number of hydrogen-bond acceptors (Lipinski definition) is 6. The lowest BCUT2D eigenvalue weighted by atomic mass is 10.2. The third kappa shape index (κ3) is 4.38. The first-order valence-corrected chi connectivity index (χ1v) is 8.04. The normalized spacial score (nSPS) is 20.3. The van der Waals surface area contributed by atoms with Gasteiger partial charge in [-0.3, -0.25) is 19.3 Å². The first-order chi connectivity index (χ1) is 12.0. The van der Waals surface area contributed by atoms with E-state index in [0.29, 0.717) is 18.8 Å². The Balaban J connectivity index is 1.58. The van der Waals surface area contributed by atoms with Crippen molar-refractivity contribution in [2.45, 2.75) is 32.6 Å². The molecule has 2 aromatic rings. The molecule has 2 amide bonds. The number of anilines is 1. The van der Waals surface area contributed by atoms with Crippen LogP contribution < -0.4 is 5.32 Å². The molecule has 1 N–H and O–H groups in total. The SMILES string of the molecule is C[C@@H]1CN(C(=O)Cn2cc(NC(=O)c3cnccn3)cn2)C[C@@H](C)O1. The Bertz CT molecular complexity index is 737. The van der Waals surface area contributed by atoms with E-state index < -0.39 is 0 Å². The molecule has 0 bridgehead atoms. The molecule has 1 saturated heterocycles. The van der Waals surface area contributed by atoms with Gasteiger partial charge in [0.05, 0.1) is 30.3 Å². The van der Waals surface area contributed by atoms with Crippen LogP contribution in [0.4, 0.5) is 5.69 Å². The number of rotatable bonds is 4. The predicted molar refractivity (Wildman–Crippen MR) is 88.8 cm³/mol. The second kappa shape index (κ2) is 7.39. The summed E-state index contributed by atoms with van der Waals surface area (Å²) in [6.07, 6.45) is 7.46. The number of morpholine rings is 1. The molecule has 0 unspecified atom stereocenters. The van der Waals surface area contributed by atoms with Crippen LogP contribution in [-0.2, 0) is 16.1 Å². The summed E-state index contributed by atoms with van der Waals surface area (Å²) in [5.41, 5.74) is 0.704. The molecule has 1 aliphatic rings. The van der Waals surface area contributed by atoms with Gasteiger partial charge in [-0.15, -0.1) is 0 Å². The van der Waals surface area contributed by atoms with Crippen molar-refractivity contribution in [3.05, 3.63) is 36.7 Å². The Labute approximate surface area is 145 Å². The van der Waals surface area contributed by atoms with E-state index >= 15 is 0 Å². The summed E-state index contributed by atoms with van der Waals surface area (Å²) in [5.74, 6) is -0.410. The van der Waals surface area contributed by atoms with Gasteiger partial charge < -0.3 is 15.0 Å². The summed E-state index contributed by atoms with van der Waals surface area (Å²) in [7, 11) is 0. The molecule has 132 valence electrons. The Morgan fingerprint density at radius 2 is 2.00 bits per heavy atom. The molecule has 2 aromatic heterocycles. The van der Waals surface area contributed by atoms with Gasteiger partial charge in [0.1, 0.15) is 12.2 Å². The molecule has 0 saturated carbocycles. The van der Waals surface area contributed by atoms with Crippen molar-refractivity contribution in [1.29, 1.82) is 0 Å². The van der Waals surface area contributed by atoms with E-state index in [-0.39, 0.29) is 36.3 Å². The molecule has 0 spiro atoms. The number of ether oxygens (including phenoxy) is 1. The highest BCUT2D eigenvalue weighted by Crippen LogP contribution is 2.12. The van der Waals surface area contributed by atoms with Gasteiger partial charge in [0, 0.05) is 31.7 Å². The van der Waals surface area contributed by atoms with Crippen LogP contribution in [-0.4, -0.2) is 61.8 Å². The third-order valence-corrected chi connectivity index (χ3v) is 3.76. The van der Waals surface area contributed by atoms with E-state index in [4.69, 9.17) is 4.74 Å². The topological polar surface area (TPSA) is 102 Å². The molecule has 25 heavy (non-hydrogen) atoms. The Morgan fingerprint density at radius 1 is 1.24 bits per heavy atom. The maximum atomic E-state index is 12.4.